The first-order valence-corrected chi connectivity index (χ1v) is 7.36. The summed E-state index contributed by atoms with van der Waals surface area (Å²) in [4.78, 5) is 11.7. The Balaban J connectivity index is 1.87. The summed E-state index contributed by atoms with van der Waals surface area (Å²) in [6.07, 6.45) is 0.785. The minimum atomic E-state index is -0.310. The Kier molecular flexibility index (Phi) is 5.17. The van der Waals surface area contributed by atoms with Crippen LogP contribution in [-0.2, 0) is 11.2 Å². The Morgan fingerprint density at radius 3 is 2.80 bits per heavy atom. The molecule has 0 radical (unpaired) electrons. The second-order valence-electron chi connectivity index (χ2n) is 3.77. The van der Waals surface area contributed by atoms with Gasteiger partial charge < -0.3 is 4.74 Å². The molecular weight excluding hydrogens is 321 g/mol. The van der Waals surface area contributed by atoms with E-state index < -0.39 is 0 Å². The van der Waals surface area contributed by atoms with E-state index in [1.54, 1.807) is 18.2 Å². The molecule has 2 rings (SSSR count). The molecule has 0 aliphatic heterocycles. The summed E-state index contributed by atoms with van der Waals surface area (Å²) >= 11 is 13.0. The Labute approximate surface area is 129 Å². The minimum Gasteiger partial charge on any atom is -0.484 e. The summed E-state index contributed by atoms with van der Waals surface area (Å²) in [7, 11) is 0. The van der Waals surface area contributed by atoms with Gasteiger partial charge in [-0.1, -0.05) is 41.5 Å². The third-order valence-corrected chi connectivity index (χ3v) is 4.00. The molecule has 1 aromatic heterocycles. The van der Waals surface area contributed by atoms with Gasteiger partial charge in [-0.05, 0) is 18.6 Å². The van der Waals surface area contributed by atoms with Gasteiger partial charge in [-0.25, -0.2) is 0 Å². The Hall–Kier alpha value is -1.37. The maximum Gasteiger partial charge on any atom is 0.264 e. The third-order valence-electron chi connectivity index (χ3n) is 2.28. The highest BCUT2D eigenvalue weighted by Crippen LogP contribution is 2.26. The molecule has 0 spiro atoms. The monoisotopic (exact) mass is 331 g/mol. The number of nitrogens with one attached hydrogen (secondary N) is 1. The van der Waals surface area contributed by atoms with Gasteiger partial charge in [0.25, 0.3) is 5.91 Å². The van der Waals surface area contributed by atoms with E-state index in [1.165, 1.54) is 11.3 Å². The lowest BCUT2D eigenvalue weighted by Gasteiger charge is -2.06. The van der Waals surface area contributed by atoms with Gasteiger partial charge in [0.05, 0.1) is 10.0 Å². The molecule has 5 nitrogen and oxygen atoms in total. The SMILES string of the molecule is CCc1nnc(NC(=O)COc2ccc(Cl)c(Cl)c2)s1. The van der Waals surface area contributed by atoms with E-state index >= 15 is 0 Å². The number of benzene rings is 1. The molecule has 106 valence electrons. The molecule has 0 aliphatic carbocycles. The van der Waals surface area contributed by atoms with Gasteiger partial charge >= 0.3 is 0 Å². The highest BCUT2D eigenvalue weighted by atomic mass is 35.5. The number of aryl methyl sites for hydroxylation is 1. The van der Waals surface area contributed by atoms with Crippen LogP contribution in [-0.4, -0.2) is 22.7 Å². The van der Waals surface area contributed by atoms with Crippen LogP contribution >= 0.6 is 34.5 Å². The van der Waals surface area contributed by atoms with Crippen LogP contribution in [0.1, 0.15) is 11.9 Å². The molecule has 0 unspecified atom stereocenters. The first-order chi connectivity index (χ1) is 9.58. The topological polar surface area (TPSA) is 64.1 Å². The number of nitrogens with zero attached hydrogens (tertiary/aromatic N) is 2. The molecule has 0 aliphatic rings. The summed E-state index contributed by atoms with van der Waals surface area (Å²) < 4.78 is 5.31. The maximum absolute atomic E-state index is 11.7. The van der Waals surface area contributed by atoms with Crippen molar-refractivity contribution in [2.45, 2.75) is 13.3 Å². The van der Waals surface area contributed by atoms with Crippen molar-refractivity contribution in [3.63, 3.8) is 0 Å². The molecule has 0 fully saturated rings. The molecule has 8 heteroatoms. The Bertz CT molecular complexity index is 618. The average Bonchev–Trinajstić information content (AvgIpc) is 2.88. The fraction of sp³-hybridized carbons (Fsp3) is 0.250. The molecule has 0 saturated carbocycles. The van der Waals surface area contributed by atoms with Gasteiger partial charge in [-0.2, -0.15) is 0 Å². The molecule has 1 heterocycles. The molecule has 1 N–H and O–H groups in total. The zero-order chi connectivity index (χ0) is 14.5. The number of hydrogen-bond donors (Lipinski definition) is 1. The van der Waals surface area contributed by atoms with E-state index in [4.69, 9.17) is 27.9 Å². The van der Waals surface area contributed by atoms with Crippen LogP contribution in [0.5, 0.6) is 5.75 Å². The summed E-state index contributed by atoms with van der Waals surface area (Å²) in [5.41, 5.74) is 0. The number of carbonyl (C=O) groups is 1. The van der Waals surface area contributed by atoms with Gasteiger partial charge in [0.1, 0.15) is 10.8 Å². The van der Waals surface area contributed by atoms with Crippen molar-refractivity contribution in [2.75, 3.05) is 11.9 Å². The number of aromatic nitrogens is 2. The predicted molar refractivity (Wildman–Crippen MR) is 79.9 cm³/mol. The van der Waals surface area contributed by atoms with Crippen molar-refractivity contribution < 1.29 is 9.53 Å². The molecular formula is C12H11Cl2N3O2S. The van der Waals surface area contributed by atoms with Crippen LogP contribution in [0.15, 0.2) is 18.2 Å². The second-order valence-corrected chi connectivity index (χ2v) is 5.64. The van der Waals surface area contributed by atoms with Crippen molar-refractivity contribution >= 4 is 45.6 Å². The fourth-order valence-corrected chi connectivity index (χ4v) is 2.30. The summed E-state index contributed by atoms with van der Waals surface area (Å²) in [6.45, 7) is 1.83. The van der Waals surface area contributed by atoms with Gasteiger partial charge in [-0.3, -0.25) is 10.1 Å². The fourth-order valence-electron chi connectivity index (χ4n) is 1.32. The zero-order valence-electron chi connectivity index (χ0n) is 10.5. The summed E-state index contributed by atoms with van der Waals surface area (Å²) in [5.74, 6) is 0.163. The number of carbonyl (C=O) groups excluding carboxylic acids is 1. The average molecular weight is 332 g/mol. The summed E-state index contributed by atoms with van der Waals surface area (Å²) in [6, 6.07) is 4.80. The lowest BCUT2D eigenvalue weighted by atomic mass is 10.3. The number of rotatable bonds is 5. The van der Waals surface area contributed by atoms with E-state index in [1.807, 2.05) is 6.92 Å². The van der Waals surface area contributed by atoms with Crippen molar-refractivity contribution in [1.29, 1.82) is 0 Å². The Morgan fingerprint density at radius 2 is 2.15 bits per heavy atom. The van der Waals surface area contributed by atoms with Crippen LogP contribution < -0.4 is 10.1 Å². The van der Waals surface area contributed by atoms with Gasteiger partial charge in [0, 0.05) is 6.07 Å². The molecule has 2 aromatic rings. The molecule has 0 atom stereocenters. The summed E-state index contributed by atoms with van der Waals surface area (Å²) in [5, 5.41) is 12.5. The lowest BCUT2D eigenvalue weighted by Crippen LogP contribution is -2.20. The quantitative estimate of drug-likeness (QED) is 0.911. The number of ether oxygens (including phenoxy) is 1. The Morgan fingerprint density at radius 1 is 1.35 bits per heavy atom. The standard InChI is InChI=1S/C12H11Cl2N3O2S/c1-2-11-16-17-12(20-11)15-10(18)6-19-7-3-4-8(13)9(14)5-7/h3-5H,2,6H2,1H3,(H,15,17,18). The van der Waals surface area contributed by atoms with E-state index in [9.17, 15) is 4.79 Å². The van der Waals surface area contributed by atoms with Gasteiger partial charge in [-0.15, -0.1) is 10.2 Å². The molecule has 0 saturated heterocycles. The number of halogens is 2. The van der Waals surface area contributed by atoms with Crippen LogP contribution in [0.3, 0.4) is 0 Å². The van der Waals surface area contributed by atoms with E-state index in [2.05, 4.69) is 15.5 Å². The molecule has 20 heavy (non-hydrogen) atoms. The van der Waals surface area contributed by atoms with E-state index in [-0.39, 0.29) is 12.5 Å². The van der Waals surface area contributed by atoms with Crippen LogP contribution in [0.25, 0.3) is 0 Å². The van der Waals surface area contributed by atoms with Gasteiger partial charge in [0.15, 0.2) is 6.61 Å². The van der Waals surface area contributed by atoms with Crippen molar-refractivity contribution in [2.24, 2.45) is 0 Å². The highest BCUT2D eigenvalue weighted by Gasteiger charge is 2.08. The first-order valence-electron chi connectivity index (χ1n) is 5.78. The maximum atomic E-state index is 11.7. The molecule has 0 bridgehead atoms. The minimum absolute atomic E-state index is 0.140. The number of amides is 1. The predicted octanol–water partition coefficient (Wildman–Crippen LogP) is 3.42. The van der Waals surface area contributed by atoms with Crippen LogP contribution in [0.2, 0.25) is 10.0 Å². The van der Waals surface area contributed by atoms with Crippen molar-refractivity contribution in [1.82, 2.24) is 10.2 Å². The lowest BCUT2D eigenvalue weighted by molar-refractivity contribution is -0.118. The zero-order valence-corrected chi connectivity index (χ0v) is 12.8. The highest BCUT2D eigenvalue weighted by molar-refractivity contribution is 7.15. The first kappa shape index (κ1) is 15.0. The van der Waals surface area contributed by atoms with Crippen molar-refractivity contribution in [3.8, 4) is 5.75 Å². The number of hydrogen-bond acceptors (Lipinski definition) is 5. The smallest absolute Gasteiger partial charge is 0.264 e. The van der Waals surface area contributed by atoms with Gasteiger partial charge in [0.2, 0.25) is 5.13 Å². The molecule has 1 aromatic carbocycles. The number of anilines is 1. The van der Waals surface area contributed by atoms with E-state index in [0.29, 0.717) is 20.9 Å². The largest absolute Gasteiger partial charge is 0.484 e. The normalized spacial score (nSPS) is 10.3. The second kappa shape index (κ2) is 6.88. The third kappa shape index (κ3) is 4.06. The van der Waals surface area contributed by atoms with Crippen LogP contribution in [0.4, 0.5) is 5.13 Å². The van der Waals surface area contributed by atoms with Crippen molar-refractivity contribution in [3.05, 3.63) is 33.3 Å². The molecule has 1 amide bonds. The van der Waals surface area contributed by atoms with E-state index in [0.717, 1.165) is 11.4 Å². The van der Waals surface area contributed by atoms with Crippen LogP contribution in [0, 0.1) is 0 Å².